The van der Waals surface area contributed by atoms with E-state index in [2.05, 4.69) is 0 Å². The SMILES string of the molecule is O=C1C/C(=C\c2ccccc2)C(=O)S1. The van der Waals surface area contributed by atoms with Crippen LogP contribution in [0.15, 0.2) is 35.9 Å². The van der Waals surface area contributed by atoms with Crippen LogP contribution in [0.4, 0.5) is 0 Å². The molecule has 14 heavy (non-hydrogen) atoms. The molecule has 0 atom stereocenters. The molecular weight excluding hydrogens is 196 g/mol. The summed E-state index contributed by atoms with van der Waals surface area (Å²) in [5.41, 5.74) is 1.57. The van der Waals surface area contributed by atoms with Crippen molar-refractivity contribution >= 4 is 28.1 Å². The summed E-state index contributed by atoms with van der Waals surface area (Å²) in [5.74, 6) is 0. The van der Waals surface area contributed by atoms with E-state index in [0.717, 1.165) is 17.3 Å². The summed E-state index contributed by atoms with van der Waals surface area (Å²) in [6, 6.07) is 9.54. The van der Waals surface area contributed by atoms with Gasteiger partial charge in [0, 0.05) is 12.0 Å². The van der Waals surface area contributed by atoms with Crippen LogP contribution < -0.4 is 0 Å². The van der Waals surface area contributed by atoms with E-state index in [1.54, 1.807) is 6.08 Å². The highest BCUT2D eigenvalue weighted by molar-refractivity contribution is 8.27. The fourth-order valence-corrected chi connectivity index (χ4v) is 1.99. The summed E-state index contributed by atoms with van der Waals surface area (Å²) in [6.07, 6.45) is 2.04. The molecular formula is C11H8O2S. The molecule has 0 amide bonds. The van der Waals surface area contributed by atoms with E-state index in [1.807, 2.05) is 30.3 Å². The number of benzene rings is 1. The molecule has 70 valence electrons. The molecule has 1 aliphatic rings. The Kier molecular flexibility index (Phi) is 2.50. The van der Waals surface area contributed by atoms with E-state index in [-0.39, 0.29) is 16.7 Å². The van der Waals surface area contributed by atoms with E-state index in [1.165, 1.54) is 0 Å². The third-order valence-electron chi connectivity index (χ3n) is 1.94. The normalized spacial score (nSPS) is 19.3. The molecule has 1 aromatic carbocycles. The summed E-state index contributed by atoms with van der Waals surface area (Å²) >= 11 is 0.802. The Bertz CT molecular complexity index is 407. The summed E-state index contributed by atoms with van der Waals surface area (Å²) < 4.78 is 0. The Labute approximate surface area is 86.0 Å². The van der Waals surface area contributed by atoms with E-state index in [9.17, 15) is 9.59 Å². The molecule has 2 nitrogen and oxygen atoms in total. The van der Waals surface area contributed by atoms with Crippen molar-refractivity contribution in [3.63, 3.8) is 0 Å². The van der Waals surface area contributed by atoms with Crippen molar-refractivity contribution in [3.8, 4) is 0 Å². The lowest BCUT2D eigenvalue weighted by atomic mass is 10.1. The van der Waals surface area contributed by atoms with E-state index in [4.69, 9.17) is 0 Å². The van der Waals surface area contributed by atoms with Gasteiger partial charge in [0.1, 0.15) is 0 Å². The molecule has 0 aromatic heterocycles. The van der Waals surface area contributed by atoms with Crippen molar-refractivity contribution in [2.75, 3.05) is 0 Å². The Morgan fingerprint density at radius 3 is 2.43 bits per heavy atom. The number of rotatable bonds is 1. The van der Waals surface area contributed by atoms with Gasteiger partial charge in [-0.05, 0) is 23.4 Å². The standard InChI is InChI=1S/C11H8O2S/c12-10-7-9(11(13)14-10)6-8-4-2-1-3-5-8/h1-6H,7H2/b9-6+. The van der Waals surface area contributed by atoms with Crippen LogP contribution in [-0.4, -0.2) is 10.2 Å². The molecule has 1 fully saturated rings. The molecule has 0 saturated carbocycles. The molecule has 1 aromatic rings. The minimum Gasteiger partial charge on any atom is -0.286 e. The highest BCUT2D eigenvalue weighted by Crippen LogP contribution is 2.28. The maximum absolute atomic E-state index is 11.3. The van der Waals surface area contributed by atoms with Crippen molar-refractivity contribution in [3.05, 3.63) is 41.5 Å². The molecule has 1 aliphatic heterocycles. The van der Waals surface area contributed by atoms with Crippen LogP contribution in [0.2, 0.25) is 0 Å². The van der Waals surface area contributed by atoms with Gasteiger partial charge >= 0.3 is 0 Å². The number of hydrogen-bond acceptors (Lipinski definition) is 3. The van der Waals surface area contributed by atoms with Crippen LogP contribution in [0.5, 0.6) is 0 Å². The van der Waals surface area contributed by atoms with Gasteiger partial charge in [-0.1, -0.05) is 30.3 Å². The molecule has 0 aliphatic carbocycles. The Hall–Kier alpha value is -1.35. The zero-order valence-corrected chi connectivity index (χ0v) is 8.21. The zero-order valence-electron chi connectivity index (χ0n) is 7.40. The zero-order chi connectivity index (χ0) is 9.97. The predicted molar refractivity (Wildman–Crippen MR) is 56.6 cm³/mol. The largest absolute Gasteiger partial charge is 0.286 e. The fraction of sp³-hybridized carbons (Fsp3) is 0.0909. The molecule has 0 N–H and O–H groups in total. The monoisotopic (exact) mass is 204 g/mol. The second kappa shape index (κ2) is 3.80. The Balaban J connectivity index is 2.28. The number of carbonyl (C=O) groups excluding carboxylic acids is 2. The van der Waals surface area contributed by atoms with Crippen molar-refractivity contribution in [1.29, 1.82) is 0 Å². The number of thioether (sulfide) groups is 1. The van der Waals surface area contributed by atoms with Crippen LogP contribution in [0.25, 0.3) is 6.08 Å². The maximum atomic E-state index is 11.3. The third kappa shape index (κ3) is 1.93. The smallest absolute Gasteiger partial charge is 0.223 e. The van der Waals surface area contributed by atoms with E-state index in [0.29, 0.717) is 5.57 Å². The second-order valence-corrected chi connectivity index (χ2v) is 4.05. The van der Waals surface area contributed by atoms with Crippen LogP contribution in [0, 0.1) is 0 Å². The molecule has 1 heterocycles. The fourth-order valence-electron chi connectivity index (χ4n) is 1.29. The van der Waals surface area contributed by atoms with Crippen LogP contribution in [-0.2, 0) is 9.59 Å². The molecule has 2 rings (SSSR count). The maximum Gasteiger partial charge on any atom is 0.223 e. The lowest BCUT2D eigenvalue weighted by molar-refractivity contribution is -0.110. The first-order chi connectivity index (χ1) is 6.75. The molecule has 0 spiro atoms. The average molecular weight is 204 g/mol. The van der Waals surface area contributed by atoms with Crippen molar-refractivity contribution in [2.24, 2.45) is 0 Å². The average Bonchev–Trinajstić information content (AvgIpc) is 2.47. The first-order valence-electron chi connectivity index (χ1n) is 4.26. The highest BCUT2D eigenvalue weighted by atomic mass is 32.2. The molecule has 0 unspecified atom stereocenters. The van der Waals surface area contributed by atoms with Crippen LogP contribution in [0.1, 0.15) is 12.0 Å². The van der Waals surface area contributed by atoms with Crippen molar-refractivity contribution in [2.45, 2.75) is 6.42 Å². The lowest BCUT2D eigenvalue weighted by Crippen LogP contribution is -1.87. The number of carbonyl (C=O) groups is 2. The van der Waals surface area contributed by atoms with E-state index >= 15 is 0 Å². The van der Waals surface area contributed by atoms with E-state index < -0.39 is 0 Å². The minimum absolute atomic E-state index is 0.0582. The van der Waals surface area contributed by atoms with Gasteiger partial charge in [-0.3, -0.25) is 9.59 Å². The van der Waals surface area contributed by atoms with Gasteiger partial charge < -0.3 is 0 Å². The van der Waals surface area contributed by atoms with Crippen molar-refractivity contribution in [1.82, 2.24) is 0 Å². The highest BCUT2D eigenvalue weighted by Gasteiger charge is 2.25. The van der Waals surface area contributed by atoms with Gasteiger partial charge in [0.15, 0.2) is 0 Å². The van der Waals surface area contributed by atoms with Gasteiger partial charge in [-0.25, -0.2) is 0 Å². The van der Waals surface area contributed by atoms with Gasteiger partial charge in [0.05, 0.1) is 0 Å². The lowest BCUT2D eigenvalue weighted by Gasteiger charge is -1.93. The summed E-state index contributed by atoms with van der Waals surface area (Å²) in [5, 5.41) is -0.170. The second-order valence-electron chi connectivity index (χ2n) is 3.02. The summed E-state index contributed by atoms with van der Waals surface area (Å²) in [6.45, 7) is 0. The van der Waals surface area contributed by atoms with Gasteiger partial charge in [0.2, 0.25) is 10.2 Å². The Morgan fingerprint density at radius 1 is 1.14 bits per heavy atom. The van der Waals surface area contributed by atoms with Crippen molar-refractivity contribution < 1.29 is 9.59 Å². The first-order valence-corrected chi connectivity index (χ1v) is 5.08. The third-order valence-corrected chi connectivity index (χ3v) is 2.76. The summed E-state index contributed by atoms with van der Waals surface area (Å²) in [7, 11) is 0. The molecule has 0 radical (unpaired) electrons. The topological polar surface area (TPSA) is 34.1 Å². The quantitative estimate of drug-likeness (QED) is 0.658. The van der Waals surface area contributed by atoms with Gasteiger partial charge in [-0.15, -0.1) is 0 Å². The first kappa shape index (κ1) is 9.21. The number of hydrogen-bond donors (Lipinski definition) is 0. The van der Waals surface area contributed by atoms with Crippen LogP contribution in [0.3, 0.4) is 0 Å². The molecule has 0 bridgehead atoms. The predicted octanol–water partition coefficient (Wildman–Crippen LogP) is 2.26. The molecule has 1 saturated heterocycles. The Morgan fingerprint density at radius 2 is 1.86 bits per heavy atom. The van der Waals surface area contributed by atoms with Gasteiger partial charge in [0.25, 0.3) is 0 Å². The van der Waals surface area contributed by atoms with Gasteiger partial charge in [-0.2, -0.15) is 0 Å². The minimum atomic E-state index is -0.112. The summed E-state index contributed by atoms with van der Waals surface area (Å²) in [4.78, 5) is 22.2. The molecule has 3 heteroatoms. The van der Waals surface area contributed by atoms with Crippen LogP contribution >= 0.6 is 11.8 Å².